The summed E-state index contributed by atoms with van der Waals surface area (Å²) < 4.78 is 16.5. The maximum absolute atomic E-state index is 9.44. The molecule has 0 aromatic heterocycles. The molecule has 0 unspecified atom stereocenters. The van der Waals surface area contributed by atoms with Gasteiger partial charge in [0.05, 0.1) is 29.6 Å². The lowest BCUT2D eigenvalue weighted by molar-refractivity contribution is -0.119. The Kier molecular flexibility index (Phi) is 6.52. The molecule has 138 valence electrons. The first-order chi connectivity index (χ1) is 12.7. The van der Waals surface area contributed by atoms with Crippen LogP contribution in [0.3, 0.4) is 0 Å². The summed E-state index contributed by atoms with van der Waals surface area (Å²) >= 11 is 0. The van der Waals surface area contributed by atoms with Gasteiger partial charge in [-0.3, -0.25) is 0 Å². The highest BCUT2D eigenvalue weighted by Crippen LogP contribution is 2.31. The molecule has 0 radical (unpaired) electrons. The molecule has 5 heteroatoms. The van der Waals surface area contributed by atoms with Gasteiger partial charge in [-0.2, -0.15) is 5.26 Å². The van der Waals surface area contributed by atoms with Crippen LogP contribution in [0.15, 0.2) is 18.2 Å². The fourth-order valence-corrected chi connectivity index (χ4v) is 3.50. The molecule has 3 rings (SSSR count). The van der Waals surface area contributed by atoms with Crippen LogP contribution in [0, 0.1) is 23.2 Å². The van der Waals surface area contributed by atoms with Gasteiger partial charge in [0.15, 0.2) is 0 Å². The molecule has 1 aliphatic heterocycles. The largest absolute Gasteiger partial charge is 0.381 e. The summed E-state index contributed by atoms with van der Waals surface area (Å²) in [4.78, 5) is 2.28. The number of benzene rings is 1. The second-order valence-electron chi connectivity index (χ2n) is 6.85. The zero-order valence-electron chi connectivity index (χ0n) is 15.5. The Bertz CT molecular complexity index is 702. The van der Waals surface area contributed by atoms with E-state index in [0.717, 1.165) is 50.0 Å². The molecule has 0 bridgehead atoms. The van der Waals surface area contributed by atoms with Crippen molar-refractivity contribution in [2.75, 3.05) is 38.8 Å². The quantitative estimate of drug-likeness (QED) is 0.761. The van der Waals surface area contributed by atoms with E-state index in [2.05, 4.69) is 22.8 Å². The zero-order chi connectivity index (χ0) is 18.4. The van der Waals surface area contributed by atoms with Gasteiger partial charge in [0.25, 0.3) is 0 Å². The number of nitriles is 1. The van der Waals surface area contributed by atoms with E-state index in [-0.39, 0.29) is 0 Å². The molecule has 1 heterocycles. The molecule has 0 atom stereocenters. The second kappa shape index (κ2) is 9.05. The Morgan fingerprint density at radius 2 is 1.88 bits per heavy atom. The average Bonchev–Trinajstić information content (AvgIpc) is 2.65. The smallest absolute Gasteiger partial charge is 0.107 e. The molecule has 1 aliphatic carbocycles. The van der Waals surface area contributed by atoms with Crippen LogP contribution in [0.25, 0.3) is 0 Å². The summed E-state index contributed by atoms with van der Waals surface area (Å²) in [5.41, 5.74) is 2.58. The first kappa shape index (κ1) is 18.7. The lowest BCUT2D eigenvalue weighted by Gasteiger charge is -2.40. The van der Waals surface area contributed by atoms with Crippen LogP contribution >= 0.6 is 0 Å². The monoisotopic (exact) mass is 354 g/mol. The minimum atomic E-state index is 0.310. The topological polar surface area (TPSA) is 54.7 Å². The predicted molar refractivity (Wildman–Crippen MR) is 100 cm³/mol. The molecule has 0 spiro atoms. The Morgan fingerprint density at radius 1 is 1.12 bits per heavy atom. The van der Waals surface area contributed by atoms with E-state index >= 15 is 0 Å². The third-order valence-corrected chi connectivity index (χ3v) is 5.12. The molecule has 1 saturated carbocycles. The average molecular weight is 354 g/mol. The standard InChI is InChI=1S/C21H26N2O3/c1-24-11-3-4-16-5-6-17(15-22)21(12-16)23-9-7-18(8-10-23)26-20-13-19(14-20)25-2/h5-6,12,18-20H,7-11,13-14H2,1-2H3. The summed E-state index contributed by atoms with van der Waals surface area (Å²) in [7, 11) is 3.39. The number of methoxy groups -OCH3 is 2. The van der Waals surface area contributed by atoms with Gasteiger partial charge < -0.3 is 19.1 Å². The van der Waals surface area contributed by atoms with E-state index in [4.69, 9.17) is 14.2 Å². The van der Waals surface area contributed by atoms with E-state index in [1.165, 1.54) is 0 Å². The molecule has 1 saturated heterocycles. The van der Waals surface area contributed by atoms with Gasteiger partial charge in [0.1, 0.15) is 12.7 Å². The molecule has 26 heavy (non-hydrogen) atoms. The van der Waals surface area contributed by atoms with E-state index in [9.17, 15) is 5.26 Å². The minimum Gasteiger partial charge on any atom is -0.381 e. The number of ether oxygens (including phenoxy) is 3. The van der Waals surface area contributed by atoms with Crippen molar-refractivity contribution in [1.82, 2.24) is 0 Å². The molecule has 5 nitrogen and oxygen atoms in total. The predicted octanol–water partition coefficient (Wildman–Crippen LogP) is 2.72. The van der Waals surface area contributed by atoms with E-state index < -0.39 is 0 Å². The fourth-order valence-electron chi connectivity index (χ4n) is 3.50. The number of piperidine rings is 1. The summed E-state index contributed by atoms with van der Waals surface area (Å²) in [5, 5.41) is 9.44. The molecule has 1 aromatic carbocycles. The van der Waals surface area contributed by atoms with Gasteiger partial charge in [-0.05, 0) is 43.9 Å². The number of hydrogen-bond donors (Lipinski definition) is 0. The van der Waals surface area contributed by atoms with Crippen LogP contribution < -0.4 is 4.90 Å². The van der Waals surface area contributed by atoms with Crippen molar-refractivity contribution < 1.29 is 14.2 Å². The first-order valence-electron chi connectivity index (χ1n) is 9.18. The van der Waals surface area contributed by atoms with Crippen LogP contribution in [-0.4, -0.2) is 52.2 Å². The van der Waals surface area contributed by atoms with Crippen LogP contribution in [0.4, 0.5) is 5.69 Å². The highest BCUT2D eigenvalue weighted by molar-refractivity contribution is 5.63. The molecule has 0 N–H and O–H groups in total. The summed E-state index contributed by atoms with van der Waals surface area (Å²) in [6, 6.07) is 8.06. The highest BCUT2D eigenvalue weighted by Gasteiger charge is 2.33. The minimum absolute atomic E-state index is 0.310. The van der Waals surface area contributed by atoms with Gasteiger partial charge >= 0.3 is 0 Å². The number of rotatable bonds is 5. The van der Waals surface area contributed by atoms with Crippen molar-refractivity contribution in [3.8, 4) is 17.9 Å². The molecule has 2 aliphatic rings. The SMILES string of the molecule is COCC#Cc1ccc(C#N)c(N2CCC(OC3CC(OC)C3)CC2)c1. The number of hydrogen-bond acceptors (Lipinski definition) is 5. The van der Waals surface area contributed by atoms with Gasteiger partial charge in [0.2, 0.25) is 0 Å². The Hall–Kier alpha value is -2.05. The van der Waals surface area contributed by atoms with Crippen molar-refractivity contribution in [2.24, 2.45) is 0 Å². The molecular weight excluding hydrogens is 328 g/mol. The van der Waals surface area contributed by atoms with Crippen molar-refractivity contribution in [3.63, 3.8) is 0 Å². The highest BCUT2D eigenvalue weighted by atomic mass is 16.5. The van der Waals surface area contributed by atoms with Crippen LogP contribution in [0.5, 0.6) is 0 Å². The maximum atomic E-state index is 9.44. The lowest BCUT2D eigenvalue weighted by atomic mass is 9.91. The summed E-state index contributed by atoms with van der Waals surface area (Å²) in [6.45, 7) is 2.20. The second-order valence-corrected chi connectivity index (χ2v) is 6.85. The molecule has 1 aromatic rings. The van der Waals surface area contributed by atoms with E-state index in [1.54, 1.807) is 14.2 Å². The van der Waals surface area contributed by atoms with Gasteiger partial charge in [-0.25, -0.2) is 0 Å². The first-order valence-corrected chi connectivity index (χ1v) is 9.18. The zero-order valence-corrected chi connectivity index (χ0v) is 15.5. The number of nitrogens with zero attached hydrogens (tertiary/aromatic N) is 2. The van der Waals surface area contributed by atoms with Crippen molar-refractivity contribution in [2.45, 2.75) is 44.0 Å². The van der Waals surface area contributed by atoms with E-state index in [1.807, 2.05) is 18.2 Å². The fraction of sp³-hybridized carbons (Fsp3) is 0.571. The van der Waals surface area contributed by atoms with Crippen LogP contribution in [0.2, 0.25) is 0 Å². The summed E-state index contributed by atoms with van der Waals surface area (Å²) in [5.74, 6) is 6.05. The van der Waals surface area contributed by atoms with Crippen LogP contribution in [-0.2, 0) is 14.2 Å². The van der Waals surface area contributed by atoms with Crippen molar-refractivity contribution in [1.29, 1.82) is 5.26 Å². The Morgan fingerprint density at radius 3 is 2.54 bits per heavy atom. The lowest BCUT2D eigenvalue weighted by Crippen LogP contribution is -2.43. The Labute approximate surface area is 155 Å². The third-order valence-electron chi connectivity index (χ3n) is 5.12. The van der Waals surface area contributed by atoms with Gasteiger partial charge in [0, 0.05) is 32.9 Å². The van der Waals surface area contributed by atoms with E-state index in [0.29, 0.717) is 30.5 Å². The molecule has 2 fully saturated rings. The normalized spacial score (nSPS) is 22.9. The van der Waals surface area contributed by atoms with Crippen LogP contribution in [0.1, 0.15) is 36.8 Å². The van der Waals surface area contributed by atoms with Crippen molar-refractivity contribution in [3.05, 3.63) is 29.3 Å². The molecular formula is C21H26N2O3. The number of anilines is 1. The third kappa shape index (κ3) is 4.56. The van der Waals surface area contributed by atoms with Crippen molar-refractivity contribution >= 4 is 5.69 Å². The summed E-state index contributed by atoms with van der Waals surface area (Å²) in [6.07, 6.45) is 5.03. The Balaban J connectivity index is 1.59. The van der Waals surface area contributed by atoms with Gasteiger partial charge in [-0.15, -0.1) is 0 Å². The molecule has 0 amide bonds. The maximum Gasteiger partial charge on any atom is 0.107 e. The van der Waals surface area contributed by atoms with Gasteiger partial charge in [-0.1, -0.05) is 11.8 Å².